The van der Waals surface area contributed by atoms with Crippen molar-refractivity contribution < 1.29 is 14.7 Å². The Labute approximate surface area is 155 Å². The molecule has 6 nitrogen and oxygen atoms in total. The van der Waals surface area contributed by atoms with Crippen molar-refractivity contribution in [3.05, 3.63) is 69.1 Å². The number of carbonyl (C=O) groups is 2. The quantitative estimate of drug-likeness (QED) is 0.803. The van der Waals surface area contributed by atoms with Crippen LogP contribution in [-0.2, 0) is 0 Å². The Hall–Kier alpha value is -2.73. The lowest BCUT2D eigenvalue weighted by Gasteiger charge is -2.32. The number of piperidine rings is 1. The van der Waals surface area contributed by atoms with Crippen LogP contribution in [0, 0.1) is 4.91 Å². The molecule has 134 valence electrons. The summed E-state index contributed by atoms with van der Waals surface area (Å²) in [6.45, 7) is 1.10. The molecule has 2 aromatic carbocycles. The molecule has 0 radical (unpaired) electrons. The fourth-order valence-corrected chi connectivity index (χ4v) is 3.42. The number of halogens is 1. The van der Waals surface area contributed by atoms with E-state index in [1.807, 2.05) is 12.1 Å². The van der Waals surface area contributed by atoms with Gasteiger partial charge in [0, 0.05) is 18.1 Å². The van der Waals surface area contributed by atoms with E-state index in [0.717, 1.165) is 18.4 Å². The summed E-state index contributed by atoms with van der Waals surface area (Å²) in [7, 11) is 0. The lowest BCUT2D eigenvalue weighted by molar-refractivity contribution is 0.0691. The summed E-state index contributed by atoms with van der Waals surface area (Å²) in [6, 6.07) is 11.3. The van der Waals surface area contributed by atoms with E-state index in [-0.39, 0.29) is 28.6 Å². The molecule has 1 heterocycles. The van der Waals surface area contributed by atoms with Gasteiger partial charge in [0.1, 0.15) is 5.69 Å². The number of nitroso groups, excluding NO2 is 1. The van der Waals surface area contributed by atoms with Gasteiger partial charge in [-0.15, -0.1) is 4.91 Å². The molecule has 0 aromatic heterocycles. The van der Waals surface area contributed by atoms with Crippen molar-refractivity contribution in [2.75, 3.05) is 13.1 Å². The monoisotopic (exact) mass is 372 g/mol. The normalized spacial score (nSPS) is 14.9. The smallest absolute Gasteiger partial charge is 0.335 e. The molecule has 1 N–H and O–H groups in total. The Morgan fingerprint density at radius 1 is 1.08 bits per heavy atom. The van der Waals surface area contributed by atoms with Gasteiger partial charge < -0.3 is 10.0 Å². The molecule has 0 saturated carbocycles. The minimum atomic E-state index is -0.946. The lowest BCUT2D eigenvalue weighted by Crippen LogP contribution is -2.38. The number of carbonyl (C=O) groups excluding carboxylic acids is 1. The van der Waals surface area contributed by atoms with Gasteiger partial charge in [-0.3, -0.25) is 4.79 Å². The Kier molecular flexibility index (Phi) is 5.32. The van der Waals surface area contributed by atoms with Crippen LogP contribution >= 0.6 is 11.6 Å². The van der Waals surface area contributed by atoms with Gasteiger partial charge in [0.2, 0.25) is 0 Å². The molecule has 1 fully saturated rings. The van der Waals surface area contributed by atoms with Gasteiger partial charge in [0.05, 0.1) is 11.1 Å². The Morgan fingerprint density at radius 3 is 2.31 bits per heavy atom. The van der Waals surface area contributed by atoms with Crippen LogP contribution in [0.4, 0.5) is 5.69 Å². The number of carboxylic acids is 1. The maximum absolute atomic E-state index is 12.7. The molecular formula is C19H17ClN2O4. The van der Waals surface area contributed by atoms with Crippen molar-refractivity contribution >= 4 is 29.2 Å². The van der Waals surface area contributed by atoms with Crippen LogP contribution < -0.4 is 0 Å². The number of amides is 1. The van der Waals surface area contributed by atoms with Crippen LogP contribution in [0.2, 0.25) is 5.02 Å². The van der Waals surface area contributed by atoms with Crippen molar-refractivity contribution in [2.24, 2.45) is 5.18 Å². The first-order valence-electron chi connectivity index (χ1n) is 8.25. The maximum Gasteiger partial charge on any atom is 0.335 e. The molecular weight excluding hydrogens is 356 g/mol. The first-order valence-corrected chi connectivity index (χ1v) is 8.63. The molecule has 1 amide bonds. The third-order valence-corrected chi connectivity index (χ3v) is 4.93. The topological polar surface area (TPSA) is 87.0 Å². The van der Waals surface area contributed by atoms with Gasteiger partial charge in [-0.05, 0) is 59.8 Å². The van der Waals surface area contributed by atoms with E-state index >= 15 is 0 Å². The summed E-state index contributed by atoms with van der Waals surface area (Å²) in [4.78, 5) is 36.3. The molecule has 0 spiro atoms. The number of rotatable bonds is 4. The highest BCUT2D eigenvalue weighted by Gasteiger charge is 2.26. The number of hydrogen-bond donors (Lipinski definition) is 1. The number of aromatic carboxylic acids is 1. The SMILES string of the molecule is O=Nc1ccc(Cl)cc1C(=O)N1CCC(c2ccc(C(=O)O)cc2)CC1. The van der Waals surface area contributed by atoms with Crippen LogP contribution in [0.25, 0.3) is 0 Å². The fraction of sp³-hybridized carbons (Fsp3) is 0.263. The van der Waals surface area contributed by atoms with E-state index < -0.39 is 5.97 Å². The van der Waals surface area contributed by atoms with Crippen molar-refractivity contribution in [2.45, 2.75) is 18.8 Å². The first kappa shape index (κ1) is 18.1. The van der Waals surface area contributed by atoms with E-state index in [0.29, 0.717) is 18.1 Å². The average molecular weight is 373 g/mol. The second-order valence-corrected chi connectivity index (χ2v) is 6.68. The second kappa shape index (κ2) is 7.66. The van der Waals surface area contributed by atoms with Crippen LogP contribution in [0.1, 0.15) is 45.0 Å². The summed E-state index contributed by atoms with van der Waals surface area (Å²) in [5.74, 6) is -0.926. The fourth-order valence-electron chi connectivity index (χ4n) is 3.24. The van der Waals surface area contributed by atoms with Crippen LogP contribution in [-0.4, -0.2) is 35.0 Å². The summed E-state index contributed by atoms with van der Waals surface area (Å²) >= 11 is 5.94. The van der Waals surface area contributed by atoms with Gasteiger partial charge in [0.25, 0.3) is 5.91 Å². The molecule has 1 saturated heterocycles. The van der Waals surface area contributed by atoms with Gasteiger partial charge in [-0.25, -0.2) is 4.79 Å². The minimum absolute atomic E-state index is 0.0887. The van der Waals surface area contributed by atoms with Crippen molar-refractivity contribution in [1.29, 1.82) is 0 Å². The molecule has 0 aliphatic carbocycles. The molecule has 3 rings (SSSR count). The molecule has 7 heteroatoms. The molecule has 2 aromatic rings. The molecule has 0 atom stereocenters. The molecule has 0 bridgehead atoms. The van der Waals surface area contributed by atoms with E-state index in [9.17, 15) is 14.5 Å². The summed E-state index contributed by atoms with van der Waals surface area (Å²) in [5.41, 5.74) is 1.64. The Bertz CT molecular complexity index is 843. The van der Waals surface area contributed by atoms with E-state index in [4.69, 9.17) is 16.7 Å². The van der Waals surface area contributed by atoms with Gasteiger partial charge >= 0.3 is 5.97 Å². The third kappa shape index (κ3) is 3.75. The largest absolute Gasteiger partial charge is 0.478 e. The summed E-state index contributed by atoms with van der Waals surface area (Å²) in [5, 5.41) is 12.3. The average Bonchev–Trinajstić information content (AvgIpc) is 2.67. The zero-order valence-electron chi connectivity index (χ0n) is 13.9. The predicted molar refractivity (Wildman–Crippen MR) is 98.2 cm³/mol. The van der Waals surface area contributed by atoms with Crippen molar-refractivity contribution in [3.8, 4) is 0 Å². The molecule has 26 heavy (non-hydrogen) atoms. The molecule has 1 aliphatic heterocycles. The van der Waals surface area contributed by atoms with Gasteiger partial charge in [-0.2, -0.15) is 0 Å². The van der Waals surface area contributed by atoms with Crippen molar-refractivity contribution in [1.82, 2.24) is 4.90 Å². The van der Waals surface area contributed by atoms with E-state index in [1.54, 1.807) is 17.0 Å². The van der Waals surface area contributed by atoms with Crippen molar-refractivity contribution in [3.63, 3.8) is 0 Å². The zero-order chi connectivity index (χ0) is 18.7. The zero-order valence-corrected chi connectivity index (χ0v) is 14.6. The third-order valence-electron chi connectivity index (χ3n) is 4.70. The maximum atomic E-state index is 12.7. The van der Waals surface area contributed by atoms with E-state index in [1.165, 1.54) is 18.2 Å². The Morgan fingerprint density at radius 2 is 1.73 bits per heavy atom. The number of hydrogen-bond acceptors (Lipinski definition) is 4. The second-order valence-electron chi connectivity index (χ2n) is 6.25. The summed E-state index contributed by atoms with van der Waals surface area (Å²) in [6.07, 6.45) is 1.53. The molecule has 1 aliphatic rings. The number of likely N-dealkylation sites (tertiary alicyclic amines) is 1. The lowest BCUT2D eigenvalue weighted by atomic mass is 9.88. The Balaban J connectivity index is 1.68. The number of carboxylic acid groups (broad SMARTS) is 1. The first-order chi connectivity index (χ1) is 12.5. The highest BCUT2D eigenvalue weighted by Crippen LogP contribution is 2.31. The highest BCUT2D eigenvalue weighted by molar-refractivity contribution is 6.31. The van der Waals surface area contributed by atoms with Crippen LogP contribution in [0.15, 0.2) is 47.6 Å². The van der Waals surface area contributed by atoms with Gasteiger partial charge in [0.15, 0.2) is 0 Å². The summed E-state index contributed by atoms with van der Waals surface area (Å²) < 4.78 is 0. The van der Waals surface area contributed by atoms with Crippen LogP contribution in [0.5, 0.6) is 0 Å². The van der Waals surface area contributed by atoms with Gasteiger partial charge in [-0.1, -0.05) is 23.7 Å². The molecule has 0 unspecified atom stereocenters. The van der Waals surface area contributed by atoms with E-state index in [2.05, 4.69) is 5.18 Å². The van der Waals surface area contributed by atoms with Crippen LogP contribution in [0.3, 0.4) is 0 Å². The number of nitrogens with zero attached hydrogens (tertiary/aromatic N) is 2. The predicted octanol–water partition coefficient (Wildman–Crippen LogP) is 4.46. The minimum Gasteiger partial charge on any atom is -0.478 e. The highest BCUT2D eigenvalue weighted by atomic mass is 35.5. The number of benzene rings is 2. The standard InChI is InChI=1S/C19H17ClN2O4/c20-15-5-6-17(21-26)16(11-15)18(23)22-9-7-13(8-10-22)12-1-3-14(4-2-12)19(24)25/h1-6,11,13H,7-10H2,(H,24,25).